The predicted molar refractivity (Wildman–Crippen MR) is 69.5 cm³/mol. The fourth-order valence-corrected chi connectivity index (χ4v) is 1.48. The summed E-state index contributed by atoms with van der Waals surface area (Å²) >= 11 is 0. The number of methoxy groups -OCH3 is 1. The quantitative estimate of drug-likeness (QED) is 0.887. The first kappa shape index (κ1) is 14.0. The molecular formula is C14H18N2O2. The highest BCUT2D eigenvalue weighted by molar-refractivity contribution is 5.95. The Morgan fingerprint density at radius 2 is 2.22 bits per heavy atom. The molecule has 1 atom stereocenters. The minimum Gasteiger partial charge on any atom is -0.496 e. The molecule has 0 unspecified atom stereocenters. The molecule has 4 nitrogen and oxygen atoms in total. The first-order valence-corrected chi connectivity index (χ1v) is 5.84. The van der Waals surface area contributed by atoms with E-state index in [0.717, 1.165) is 5.56 Å². The predicted octanol–water partition coefficient (Wildman–Crippen LogP) is 2.43. The maximum atomic E-state index is 12.0. The number of amides is 1. The topological polar surface area (TPSA) is 62.1 Å². The zero-order valence-electron chi connectivity index (χ0n) is 11.2. The summed E-state index contributed by atoms with van der Waals surface area (Å²) in [5.41, 5.74) is 0.620. The molecule has 0 aliphatic rings. The molecule has 18 heavy (non-hydrogen) atoms. The van der Waals surface area contributed by atoms with Gasteiger partial charge < -0.3 is 10.1 Å². The molecule has 0 saturated carbocycles. The molecule has 1 aromatic carbocycles. The van der Waals surface area contributed by atoms with Gasteiger partial charge in [0.1, 0.15) is 11.3 Å². The number of aryl methyl sites for hydroxylation is 1. The molecule has 1 N–H and O–H groups in total. The van der Waals surface area contributed by atoms with Crippen LogP contribution >= 0.6 is 0 Å². The molecular weight excluding hydrogens is 228 g/mol. The van der Waals surface area contributed by atoms with Crippen molar-refractivity contribution in [1.29, 1.82) is 5.26 Å². The van der Waals surface area contributed by atoms with Crippen molar-refractivity contribution in [3.8, 4) is 11.8 Å². The lowest BCUT2D eigenvalue weighted by Crippen LogP contribution is -2.44. The van der Waals surface area contributed by atoms with Crippen molar-refractivity contribution in [3.63, 3.8) is 0 Å². The van der Waals surface area contributed by atoms with E-state index in [1.807, 2.05) is 19.9 Å². The Kier molecular flexibility index (Phi) is 4.33. The molecule has 96 valence electrons. The number of benzene rings is 1. The third kappa shape index (κ3) is 3.01. The maximum absolute atomic E-state index is 12.0. The largest absolute Gasteiger partial charge is 0.496 e. The molecule has 0 aliphatic heterocycles. The van der Waals surface area contributed by atoms with Crippen LogP contribution in [0, 0.1) is 18.3 Å². The van der Waals surface area contributed by atoms with Gasteiger partial charge in [0.2, 0.25) is 0 Å². The zero-order chi connectivity index (χ0) is 13.8. The van der Waals surface area contributed by atoms with Crippen LogP contribution in [-0.4, -0.2) is 18.6 Å². The molecule has 1 aromatic rings. The molecule has 0 heterocycles. The third-order valence-electron chi connectivity index (χ3n) is 3.01. The van der Waals surface area contributed by atoms with Crippen LogP contribution in [0.4, 0.5) is 0 Å². The number of hydrogen-bond acceptors (Lipinski definition) is 3. The number of nitriles is 1. The van der Waals surface area contributed by atoms with Crippen LogP contribution in [0.5, 0.6) is 5.75 Å². The van der Waals surface area contributed by atoms with Crippen molar-refractivity contribution >= 4 is 5.91 Å². The second kappa shape index (κ2) is 5.54. The minimum atomic E-state index is -0.838. The van der Waals surface area contributed by atoms with Crippen molar-refractivity contribution in [3.05, 3.63) is 29.3 Å². The summed E-state index contributed by atoms with van der Waals surface area (Å²) < 4.78 is 5.17. The molecule has 1 amide bonds. The molecule has 0 aromatic heterocycles. The Bertz CT molecular complexity index is 491. The molecule has 0 spiro atoms. The van der Waals surface area contributed by atoms with Gasteiger partial charge in [-0.05, 0) is 38.0 Å². The maximum Gasteiger partial charge on any atom is 0.252 e. The van der Waals surface area contributed by atoms with Gasteiger partial charge in [-0.3, -0.25) is 4.79 Å². The normalized spacial score (nSPS) is 13.3. The standard InChI is InChI=1S/C14H18N2O2/c1-5-14(3,9-15)16-13(17)11-7-6-10(2)12(8-11)18-4/h6-8H,5H2,1-4H3,(H,16,17)/t14-/m1/s1. The van der Waals surface area contributed by atoms with Gasteiger partial charge in [-0.1, -0.05) is 13.0 Å². The van der Waals surface area contributed by atoms with Crippen molar-refractivity contribution in [2.75, 3.05) is 7.11 Å². The van der Waals surface area contributed by atoms with Crippen LogP contribution in [0.15, 0.2) is 18.2 Å². The van der Waals surface area contributed by atoms with E-state index in [2.05, 4.69) is 11.4 Å². The molecule has 0 saturated heterocycles. The van der Waals surface area contributed by atoms with Gasteiger partial charge in [-0.25, -0.2) is 0 Å². The molecule has 0 radical (unpaired) electrons. The van der Waals surface area contributed by atoms with Gasteiger partial charge in [-0.2, -0.15) is 5.26 Å². The number of ether oxygens (including phenoxy) is 1. The van der Waals surface area contributed by atoms with Crippen molar-refractivity contribution in [1.82, 2.24) is 5.32 Å². The average Bonchev–Trinajstić information content (AvgIpc) is 2.39. The van der Waals surface area contributed by atoms with E-state index in [9.17, 15) is 4.79 Å². The molecule has 0 aliphatic carbocycles. The van der Waals surface area contributed by atoms with E-state index in [1.165, 1.54) is 0 Å². The van der Waals surface area contributed by atoms with Crippen LogP contribution in [-0.2, 0) is 0 Å². The lowest BCUT2D eigenvalue weighted by Gasteiger charge is -2.21. The van der Waals surface area contributed by atoms with Gasteiger partial charge in [0, 0.05) is 5.56 Å². The zero-order valence-corrected chi connectivity index (χ0v) is 11.2. The Morgan fingerprint density at radius 1 is 1.56 bits per heavy atom. The highest BCUT2D eigenvalue weighted by Gasteiger charge is 2.24. The van der Waals surface area contributed by atoms with E-state index in [4.69, 9.17) is 10.00 Å². The Hall–Kier alpha value is -2.02. The van der Waals surface area contributed by atoms with Gasteiger partial charge >= 0.3 is 0 Å². The van der Waals surface area contributed by atoms with E-state index in [0.29, 0.717) is 17.7 Å². The van der Waals surface area contributed by atoms with Gasteiger partial charge in [-0.15, -0.1) is 0 Å². The highest BCUT2D eigenvalue weighted by atomic mass is 16.5. The second-order valence-electron chi connectivity index (χ2n) is 4.44. The van der Waals surface area contributed by atoms with Crippen LogP contribution < -0.4 is 10.1 Å². The van der Waals surface area contributed by atoms with Gasteiger partial charge in [0.05, 0.1) is 13.2 Å². The number of carbonyl (C=O) groups excluding carboxylic acids is 1. The number of rotatable bonds is 4. The molecule has 4 heteroatoms. The summed E-state index contributed by atoms with van der Waals surface area (Å²) in [6.07, 6.45) is 0.554. The first-order valence-electron chi connectivity index (χ1n) is 5.84. The molecule has 1 rings (SSSR count). The van der Waals surface area contributed by atoms with Gasteiger partial charge in [0.25, 0.3) is 5.91 Å². The van der Waals surface area contributed by atoms with E-state index in [1.54, 1.807) is 26.2 Å². The summed E-state index contributed by atoms with van der Waals surface area (Å²) in [6.45, 7) is 5.47. The average molecular weight is 246 g/mol. The van der Waals surface area contributed by atoms with Crippen LogP contribution in [0.3, 0.4) is 0 Å². The Balaban J connectivity index is 2.95. The van der Waals surface area contributed by atoms with Gasteiger partial charge in [0.15, 0.2) is 0 Å². The summed E-state index contributed by atoms with van der Waals surface area (Å²) in [4.78, 5) is 12.0. The fourth-order valence-electron chi connectivity index (χ4n) is 1.48. The fraction of sp³-hybridized carbons (Fsp3) is 0.429. The monoisotopic (exact) mass is 246 g/mol. The summed E-state index contributed by atoms with van der Waals surface area (Å²) in [5.74, 6) is 0.400. The second-order valence-corrected chi connectivity index (χ2v) is 4.44. The van der Waals surface area contributed by atoms with Crippen molar-refractivity contribution in [2.24, 2.45) is 0 Å². The summed E-state index contributed by atoms with van der Waals surface area (Å²) in [5, 5.41) is 11.8. The molecule has 0 bridgehead atoms. The number of hydrogen-bond donors (Lipinski definition) is 1. The lowest BCUT2D eigenvalue weighted by molar-refractivity contribution is 0.0922. The minimum absolute atomic E-state index is 0.265. The van der Waals surface area contributed by atoms with E-state index >= 15 is 0 Å². The van der Waals surface area contributed by atoms with E-state index in [-0.39, 0.29) is 5.91 Å². The lowest BCUT2D eigenvalue weighted by atomic mass is 10.0. The number of nitrogens with one attached hydrogen (secondary N) is 1. The summed E-state index contributed by atoms with van der Waals surface area (Å²) in [6, 6.07) is 7.33. The van der Waals surface area contributed by atoms with Crippen molar-refractivity contribution < 1.29 is 9.53 Å². The number of carbonyl (C=O) groups is 1. The Labute approximate surface area is 108 Å². The first-order chi connectivity index (χ1) is 8.45. The summed E-state index contributed by atoms with van der Waals surface area (Å²) in [7, 11) is 1.56. The number of nitrogens with zero attached hydrogens (tertiary/aromatic N) is 1. The molecule has 0 fully saturated rings. The van der Waals surface area contributed by atoms with Crippen LogP contribution in [0.2, 0.25) is 0 Å². The smallest absolute Gasteiger partial charge is 0.252 e. The van der Waals surface area contributed by atoms with Crippen molar-refractivity contribution in [2.45, 2.75) is 32.7 Å². The van der Waals surface area contributed by atoms with E-state index < -0.39 is 5.54 Å². The third-order valence-corrected chi connectivity index (χ3v) is 3.01. The van der Waals surface area contributed by atoms with Crippen LogP contribution in [0.25, 0.3) is 0 Å². The Morgan fingerprint density at radius 3 is 2.72 bits per heavy atom. The highest BCUT2D eigenvalue weighted by Crippen LogP contribution is 2.19. The SMILES string of the molecule is CC[C@](C)(C#N)NC(=O)c1ccc(C)c(OC)c1. The van der Waals surface area contributed by atoms with Crippen LogP contribution in [0.1, 0.15) is 36.2 Å².